The maximum Gasteiger partial charge on any atom is 0.242 e. The lowest BCUT2D eigenvalue weighted by Crippen LogP contribution is -2.29. The third-order valence-corrected chi connectivity index (χ3v) is 3.13. The Morgan fingerprint density at radius 2 is 1.61 bits per heavy atom. The Morgan fingerprint density at radius 3 is 1.94 bits per heavy atom. The van der Waals surface area contributed by atoms with Gasteiger partial charge in [0.15, 0.2) is 17.2 Å². The summed E-state index contributed by atoms with van der Waals surface area (Å²) in [6.45, 7) is 10.1. The van der Waals surface area contributed by atoms with Crippen LogP contribution in [0.1, 0.15) is 5.56 Å². The average Bonchev–Trinajstić information content (AvgIpc) is 2.29. The van der Waals surface area contributed by atoms with Crippen LogP contribution in [0.5, 0.6) is 17.2 Å². The molecule has 100 valence electrons. The van der Waals surface area contributed by atoms with Gasteiger partial charge in [-0.15, -0.1) is 6.58 Å². The highest BCUT2D eigenvalue weighted by Crippen LogP contribution is 2.40. The molecule has 1 aromatic carbocycles. The topological polar surface area (TPSA) is 27.7 Å². The highest BCUT2D eigenvalue weighted by Gasteiger charge is 2.22. The molecule has 1 aromatic rings. The molecule has 0 bridgehead atoms. The first-order chi connectivity index (χ1) is 8.41. The summed E-state index contributed by atoms with van der Waals surface area (Å²) < 4.78 is 16.8. The van der Waals surface area contributed by atoms with Gasteiger partial charge in [0.1, 0.15) is 0 Å². The first-order valence-electron chi connectivity index (χ1n) is 5.96. The zero-order valence-corrected chi connectivity index (χ0v) is 12.9. The Labute approximate surface area is 111 Å². The van der Waals surface area contributed by atoms with Gasteiger partial charge in [-0.05, 0) is 43.8 Å². The highest BCUT2D eigenvalue weighted by molar-refractivity contribution is 6.70. The molecule has 4 heteroatoms. The van der Waals surface area contributed by atoms with Crippen molar-refractivity contribution in [2.24, 2.45) is 0 Å². The lowest BCUT2D eigenvalue weighted by Gasteiger charge is -2.23. The Morgan fingerprint density at radius 1 is 1.11 bits per heavy atom. The molecule has 0 amide bonds. The van der Waals surface area contributed by atoms with E-state index in [0.717, 1.165) is 12.0 Å². The first-order valence-corrected chi connectivity index (χ1v) is 9.37. The van der Waals surface area contributed by atoms with Crippen molar-refractivity contribution in [3.8, 4) is 17.2 Å². The third-order valence-electron chi connectivity index (χ3n) is 2.31. The maximum absolute atomic E-state index is 6.04. The standard InChI is InChI=1S/C14H22O3Si/c1-7-8-11-9-12(15-2)14(13(10-11)16-3)17-18(4,5)6/h7,9-10H,1,8H2,2-6H3. The fourth-order valence-electron chi connectivity index (χ4n) is 1.63. The molecule has 0 heterocycles. The number of benzene rings is 1. The molecular formula is C14H22O3Si. The molecule has 0 fully saturated rings. The molecule has 3 nitrogen and oxygen atoms in total. The summed E-state index contributed by atoms with van der Waals surface area (Å²) in [5.74, 6) is 2.13. The van der Waals surface area contributed by atoms with Crippen molar-refractivity contribution >= 4 is 8.32 Å². The number of hydrogen-bond acceptors (Lipinski definition) is 3. The van der Waals surface area contributed by atoms with E-state index in [1.807, 2.05) is 18.2 Å². The summed E-state index contributed by atoms with van der Waals surface area (Å²) in [4.78, 5) is 0. The van der Waals surface area contributed by atoms with Gasteiger partial charge in [-0.1, -0.05) is 6.08 Å². The minimum atomic E-state index is -1.71. The van der Waals surface area contributed by atoms with Crippen molar-refractivity contribution < 1.29 is 13.9 Å². The average molecular weight is 266 g/mol. The lowest BCUT2D eigenvalue weighted by molar-refractivity contribution is 0.360. The molecule has 0 unspecified atom stereocenters. The van der Waals surface area contributed by atoms with Crippen LogP contribution in [0.3, 0.4) is 0 Å². The molecule has 1 rings (SSSR count). The molecular weight excluding hydrogens is 244 g/mol. The van der Waals surface area contributed by atoms with Crippen LogP contribution in [0.15, 0.2) is 24.8 Å². The van der Waals surface area contributed by atoms with Crippen LogP contribution < -0.4 is 13.9 Å². The van der Waals surface area contributed by atoms with Crippen molar-refractivity contribution in [1.82, 2.24) is 0 Å². The second-order valence-corrected chi connectivity index (χ2v) is 9.47. The van der Waals surface area contributed by atoms with E-state index in [4.69, 9.17) is 13.9 Å². The van der Waals surface area contributed by atoms with Gasteiger partial charge in [0, 0.05) is 0 Å². The van der Waals surface area contributed by atoms with Gasteiger partial charge in [-0.2, -0.15) is 0 Å². The molecule has 0 aromatic heterocycles. The van der Waals surface area contributed by atoms with Crippen LogP contribution in [0.25, 0.3) is 0 Å². The van der Waals surface area contributed by atoms with E-state index in [1.54, 1.807) is 14.2 Å². The van der Waals surface area contributed by atoms with Crippen molar-refractivity contribution in [2.75, 3.05) is 14.2 Å². The zero-order valence-electron chi connectivity index (χ0n) is 11.9. The van der Waals surface area contributed by atoms with E-state index in [2.05, 4.69) is 26.2 Å². The van der Waals surface area contributed by atoms with E-state index in [1.165, 1.54) is 0 Å². The van der Waals surface area contributed by atoms with Crippen molar-refractivity contribution in [1.29, 1.82) is 0 Å². The second-order valence-electron chi connectivity index (χ2n) is 5.04. The SMILES string of the molecule is C=CCc1cc(OC)c(O[Si](C)(C)C)c(OC)c1. The molecule has 0 aliphatic rings. The Hall–Kier alpha value is -1.42. The summed E-state index contributed by atoms with van der Waals surface area (Å²) in [7, 11) is 1.58. The zero-order chi connectivity index (χ0) is 13.8. The summed E-state index contributed by atoms with van der Waals surface area (Å²) in [6, 6.07) is 3.94. The summed E-state index contributed by atoms with van der Waals surface area (Å²) in [5.41, 5.74) is 1.10. The van der Waals surface area contributed by atoms with Gasteiger partial charge in [0.05, 0.1) is 14.2 Å². The first kappa shape index (κ1) is 14.6. The molecule has 0 saturated carbocycles. The molecule has 0 radical (unpaired) electrons. The lowest BCUT2D eigenvalue weighted by atomic mass is 10.1. The van der Waals surface area contributed by atoms with Crippen molar-refractivity contribution in [2.45, 2.75) is 26.1 Å². The largest absolute Gasteiger partial charge is 0.539 e. The minimum Gasteiger partial charge on any atom is -0.539 e. The second kappa shape index (κ2) is 5.95. The number of ether oxygens (including phenoxy) is 2. The normalized spacial score (nSPS) is 10.9. The number of hydrogen-bond donors (Lipinski definition) is 0. The van der Waals surface area contributed by atoms with Gasteiger partial charge < -0.3 is 13.9 Å². The van der Waals surface area contributed by atoms with E-state index in [9.17, 15) is 0 Å². The highest BCUT2D eigenvalue weighted by atomic mass is 28.4. The Kier molecular flexibility index (Phi) is 4.84. The van der Waals surface area contributed by atoms with Crippen LogP contribution in [-0.4, -0.2) is 22.5 Å². The number of allylic oxidation sites excluding steroid dienone is 1. The molecule has 0 N–H and O–H groups in total. The van der Waals surface area contributed by atoms with Crippen LogP contribution >= 0.6 is 0 Å². The Balaban J connectivity index is 3.25. The molecule has 0 spiro atoms. The fraction of sp³-hybridized carbons (Fsp3) is 0.429. The van der Waals surface area contributed by atoms with E-state index in [-0.39, 0.29) is 0 Å². The summed E-state index contributed by atoms with van der Waals surface area (Å²) in [6.07, 6.45) is 2.63. The van der Waals surface area contributed by atoms with Crippen molar-refractivity contribution in [3.63, 3.8) is 0 Å². The fourth-order valence-corrected chi connectivity index (χ4v) is 2.44. The van der Waals surface area contributed by atoms with Crippen LogP contribution in [0.4, 0.5) is 0 Å². The number of methoxy groups -OCH3 is 2. The van der Waals surface area contributed by atoms with Gasteiger partial charge >= 0.3 is 0 Å². The smallest absolute Gasteiger partial charge is 0.242 e. The molecule has 0 saturated heterocycles. The predicted molar refractivity (Wildman–Crippen MR) is 77.4 cm³/mol. The quantitative estimate of drug-likeness (QED) is 0.581. The van der Waals surface area contributed by atoms with Crippen molar-refractivity contribution in [3.05, 3.63) is 30.4 Å². The minimum absolute atomic E-state index is 0.701. The van der Waals surface area contributed by atoms with Gasteiger partial charge in [0.25, 0.3) is 0 Å². The third kappa shape index (κ3) is 3.80. The Bertz CT molecular complexity index is 397. The maximum atomic E-state index is 6.04. The van der Waals surface area contributed by atoms with Crippen LogP contribution in [-0.2, 0) is 6.42 Å². The van der Waals surface area contributed by atoms with Gasteiger partial charge in [0.2, 0.25) is 8.32 Å². The van der Waals surface area contributed by atoms with E-state index < -0.39 is 8.32 Å². The van der Waals surface area contributed by atoms with Gasteiger partial charge in [-0.3, -0.25) is 0 Å². The monoisotopic (exact) mass is 266 g/mol. The number of rotatable bonds is 6. The van der Waals surface area contributed by atoms with E-state index in [0.29, 0.717) is 17.2 Å². The molecule has 0 aliphatic carbocycles. The van der Waals surface area contributed by atoms with Crippen LogP contribution in [0.2, 0.25) is 19.6 Å². The summed E-state index contributed by atoms with van der Waals surface area (Å²) >= 11 is 0. The predicted octanol–water partition coefficient (Wildman–Crippen LogP) is 3.65. The summed E-state index contributed by atoms with van der Waals surface area (Å²) in [5, 5.41) is 0. The van der Waals surface area contributed by atoms with E-state index >= 15 is 0 Å². The molecule has 18 heavy (non-hydrogen) atoms. The molecule has 0 atom stereocenters. The molecule has 0 aliphatic heterocycles. The van der Waals surface area contributed by atoms with Gasteiger partial charge in [-0.25, -0.2) is 0 Å². The van der Waals surface area contributed by atoms with Crippen LogP contribution in [0, 0.1) is 0 Å².